The number of aromatic nitrogens is 3. The van der Waals surface area contributed by atoms with Crippen LogP contribution in [0.3, 0.4) is 0 Å². The van der Waals surface area contributed by atoms with E-state index in [-0.39, 0.29) is 11.7 Å². The molecule has 9 heteroatoms. The molecule has 2 aromatic rings. The zero-order chi connectivity index (χ0) is 19.4. The molecule has 1 aliphatic carbocycles. The summed E-state index contributed by atoms with van der Waals surface area (Å²) >= 11 is 19.3. The van der Waals surface area contributed by atoms with Gasteiger partial charge in [0.05, 0.1) is 26.5 Å². The lowest BCUT2D eigenvalue weighted by Gasteiger charge is -2.20. The van der Waals surface area contributed by atoms with E-state index in [0.29, 0.717) is 26.7 Å². The van der Waals surface area contributed by atoms with E-state index in [1.165, 1.54) is 49.9 Å². The Morgan fingerprint density at radius 3 is 2.59 bits per heavy atom. The van der Waals surface area contributed by atoms with Crippen molar-refractivity contribution in [1.29, 1.82) is 0 Å². The van der Waals surface area contributed by atoms with E-state index in [1.54, 1.807) is 6.07 Å². The topological polar surface area (TPSA) is 59.8 Å². The van der Waals surface area contributed by atoms with Gasteiger partial charge >= 0.3 is 0 Å². The predicted octanol–water partition coefficient (Wildman–Crippen LogP) is 5.63. The van der Waals surface area contributed by atoms with Crippen molar-refractivity contribution in [3.05, 3.63) is 33.0 Å². The first-order chi connectivity index (χ1) is 12.9. The van der Waals surface area contributed by atoms with Crippen LogP contribution in [0.15, 0.2) is 17.3 Å². The molecular weight excluding hydrogens is 427 g/mol. The minimum absolute atomic E-state index is 0.197. The Balaban J connectivity index is 1.55. The largest absolute Gasteiger partial charge is 0.324 e. The number of hydrogen-bond acceptors (Lipinski definition) is 4. The van der Waals surface area contributed by atoms with Crippen LogP contribution in [0, 0.1) is 5.92 Å². The van der Waals surface area contributed by atoms with E-state index >= 15 is 0 Å². The van der Waals surface area contributed by atoms with Crippen molar-refractivity contribution in [1.82, 2.24) is 14.8 Å². The lowest BCUT2D eigenvalue weighted by molar-refractivity contribution is -0.113. The van der Waals surface area contributed by atoms with Crippen molar-refractivity contribution in [3.8, 4) is 0 Å². The summed E-state index contributed by atoms with van der Waals surface area (Å²) in [6, 6.07) is 3.05. The molecule has 0 radical (unpaired) electrons. The quantitative estimate of drug-likeness (QED) is 0.460. The number of benzene rings is 1. The van der Waals surface area contributed by atoms with Gasteiger partial charge in [0.15, 0.2) is 5.16 Å². The second kappa shape index (κ2) is 9.50. The zero-order valence-corrected chi connectivity index (χ0v) is 18.1. The Hall–Kier alpha value is -0.950. The van der Waals surface area contributed by atoms with Gasteiger partial charge in [0.1, 0.15) is 5.82 Å². The number of carbonyl (C=O) groups is 1. The number of nitrogens with zero attached hydrogens (tertiary/aromatic N) is 3. The summed E-state index contributed by atoms with van der Waals surface area (Å²) in [6.07, 6.45) is 7.44. The molecule has 0 unspecified atom stereocenters. The maximum Gasteiger partial charge on any atom is 0.234 e. The summed E-state index contributed by atoms with van der Waals surface area (Å²) in [6.45, 7) is 0. The second-order valence-electron chi connectivity index (χ2n) is 6.75. The smallest absolute Gasteiger partial charge is 0.234 e. The first-order valence-electron chi connectivity index (χ1n) is 8.89. The van der Waals surface area contributed by atoms with Gasteiger partial charge < -0.3 is 9.88 Å². The monoisotopic (exact) mass is 446 g/mol. The van der Waals surface area contributed by atoms with Gasteiger partial charge in [0.25, 0.3) is 0 Å². The SMILES string of the molecule is Cn1c(CC2CCCCC2)nnc1SCC(=O)Nc1cc(Cl)c(Cl)cc1Cl. The molecule has 146 valence electrons. The van der Waals surface area contributed by atoms with Crippen molar-refractivity contribution in [2.75, 3.05) is 11.1 Å². The van der Waals surface area contributed by atoms with Crippen molar-refractivity contribution in [2.24, 2.45) is 13.0 Å². The average molecular weight is 448 g/mol. The standard InChI is InChI=1S/C18H21Cl3N4OS/c1-25-16(7-11-5-3-2-4-6-11)23-24-18(25)27-10-17(26)22-15-9-13(20)12(19)8-14(15)21/h8-9,11H,2-7,10H2,1H3,(H,22,26). The lowest BCUT2D eigenvalue weighted by Crippen LogP contribution is -2.15. The molecule has 1 saturated carbocycles. The van der Waals surface area contributed by atoms with Crippen molar-refractivity contribution < 1.29 is 4.79 Å². The van der Waals surface area contributed by atoms with Crippen LogP contribution in [0.4, 0.5) is 5.69 Å². The van der Waals surface area contributed by atoms with Crippen LogP contribution in [0.1, 0.15) is 37.9 Å². The highest BCUT2D eigenvalue weighted by Gasteiger charge is 2.19. The van der Waals surface area contributed by atoms with Crippen LogP contribution in [0.2, 0.25) is 15.1 Å². The fraction of sp³-hybridized carbons (Fsp3) is 0.500. The molecule has 1 N–H and O–H groups in total. The second-order valence-corrected chi connectivity index (χ2v) is 8.91. The Morgan fingerprint density at radius 1 is 1.15 bits per heavy atom. The fourth-order valence-corrected chi connectivity index (χ4v) is 4.56. The molecular formula is C18H21Cl3N4OS. The maximum absolute atomic E-state index is 12.2. The Morgan fingerprint density at radius 2 is 1.85 bits per heavy atom. The Kier molecular flexibility index (Phi) is 7.31. The summed E-state index contributed by atoms with van der Waals surface area (Å²) in [5.41, 5.74) is 0.438. The number of hydrogen-bond donors (Lipinski definition) is 1. The van der Waals surface area contributed by atoms with E-state index in [1.807, 2.05) is 11.6 Å². The summed E-state index contributed by atoms with van der Waals surface area (Å²) < 4.78 is 1.98. The molecule has 27 heavy (non-hydrogen) atoms. The fourth-order valence-electron chi connectivity index (χ4n) is 3.23. The van der Waals surface area contributed by atoms with Gasteiger partial charge in [-0.15, -0.1) is 10.2 Å². The number of anilines is 1. The highest BCUT2D eigenvalue weighted by Crippen LogP contribution is 2.32. The van der Waals surface area contributed by atoms with Crippen LogP contribution in [-0.2, 0) is 18.3 Å². The molecule has 0 aliphatic heterocycles. The first kappa shape index (κ1) is 20.8. The van der Waals surface area contributed by atoms with Gasteiger partial charge in [-0.05, 0) is 18.1 Å². The van der Waals surface area contributed by atoms with Gasteiger partial charge in [0, 0.05) is 13.5 Å². The molecule has 1 aromatic heterocycles. The van der Waals surface area contributed by atoms with Crippen molar-refractivity contribution >= 4 is 58.2 Å². The van der Waals surface area contributed by atoms with Crippen LogP contribution >= 0.6 is 46.6 Å². The molecule has 0 spiro atoms. The van der Waals surface area contributed by atoms with Crippen LogP contribution in [0.25, 0.3) is 0 Å². The Bertz CT molecular complexity index is 821. The minimum atomic E-state index is -0.197. The van der Waals surface area contributed by atoms with Gasteiger partial charge in [-0.25, -0.2) is 0 Å². The average Bonchev–Trinajstić information content (AvgIpc) is 2.99. The number of rotatable bonds is 6. The molecule has 5 nitrogen and oxygen atoms in total. The predicted molar refractivity (Wildman–Crippen MR) is 112 cm³/mol. The van der Waals surface area contributed by atoms with Gasteiger partial charge in [0.2, 0.25) is 5.91 Å². The van der Waals surface area contributed by atoms with E-state index in [4.69, 9.17) is 34.8 Å². The molecule has 1 fully saturated rings. The van der Waals surface area contributed by atoms with Crippen molar-refractivity contribution in [2.45, 2.75) is 43.7 Å². The number of halogens is 3. The molecule has 0 atom stereocenters. The minimum Gasteiger partial charge on any atom is -0.324 e. The number of nitrogens with one attached hydrogen (secondary N) is 1. The number of thioether (sulfide) groups is 1. The zero-order valence-electron chi connectivity index (χ0n) is 15.0. The normalized spacial score (nSPS) is 15.1. The van der Waals surface area contributed by atoms with Gasteiger partial charge in [-0.3, -0.25) is 4.79 Å². The van der Waals surface area contributed by atoms with Crippen molar-refractivity contribution in [3.63, 3.8) is 0 Å². The number of amides is 1. The van der Waals surface area contributed by atoms with Crippen LogP contribution < -0.4 is 5.32 Å². The third kappa shape index (κ3) is 5.53. The third-order valence-electron chi connectivity index (χ3n) is 4.74. The molecule has 1 aliphatic rings. The van der Waals surface area contributed by atoms with Crippen LogP contribution in [-0.4, -0.2) is 26.4 Å². The van der Waals surface area contributed by atoms with Crippen LogP contribution in [0.5, 0.6) is 0 Å². The maximum atomic E-state index is 12.2. The Labute approximate surface area is 178 Å². The highest BCUT2D eigenvalue weighted by molar-refractivity contribution is 7.99. The third-order valence-corrected chi connectivity index (χ3v) is 6.79. The highest BCUT2D eigenvalue weighted by atomic mass is 35.5. The molecule has 1 aromatic carbocycles. The summed E-state index contributed by atoms with van der Waals surface area (Å²) in [5.74, 6) is 1.68. The van der Waals surface area contributed by atoms with Gasteiger partial charge in [-0.2, -0.15) is 0 Å². The molecule has 1 heterocycles. The van der Waals surface area contributed by atoms with Gasteiger partial charge in [-0.1, -0.05) is 78.7 Å². The van der Waals surface area contributed by atoms with E-state index in [0.717, 1.165) is 17.4 Å². The summed E-state index contributed by atoms with van der Waals surface area (Å²) in [7, 11) is 1.95. The lowest BCUT2D eigenvalue weighted by atomic mass is 9.87. The summed E-state index contributed by atoms with van der Waals surface area (Å²) in [5, 5.41) is 13.1. The van der Waals surface area contributed by atoms with E-state index in [9.17, 15) is 4.79 Å². The molecule has 3 rings (SSSR count). The van der Waals surface area contributed by atoms with E-state index in [2.05, 4.69) is 15.5 Å². The summed E-state index contributed by atoms with van der Waals surface area (Å²) in [4.78, 5) is 12.2. The molecule has 0 saturated heterocycles. The molecule has 1 amide bonds. The first-order valence-corrected chi connectivity index (χ1v) is 11.0. The number of carbonyl (C=O) groups excluding carboxylic acids is 1. The van der Waals surface area contributed by atoms with E-state index < -0.39 is 0 Å². The molecule has 0 bridgehead atoms.